The van der Waals surface area contributed by atoms with Gasteiger partial charge in [0.25, 0.3) is 0 Å². The summed E-state index contributed by atoms with van der Waals surface area (Å²) in [7, 11) is 1.28. The highest BCUT2D eigenvalue weighted by atomic mass is 16.6. The average Bonchev–Trinajstić information content (AvgIpc) is 2.99. The Bertz CT molecular complexity index is 775. The second-order valence-corrected chi connectivity index (χ2v) is 6.23. The molecule has 1 fully saturated rings. The SMILES string of the molecule is COC(=O)N1c2ccccc2[C@@]2(CC=C(C)C)[C@@H]1OC(=O)[C@@H]2C#N. The smallest absolute Gasteiger partial charge is 0.417 e. The predicted octanol–water partition coefficient (Wildman–Crippen LogP) is 2.89. The Morgan fingerprint density at radius 1 is 1.46 bits per heavy atom. The molecule has 1 saturated heterocycles. The summed E-state index contributed by atoms with van der Waals surface area (Å²) in [5, 5.41) is 9.62. The third-order valence-corrected chi connectivity index (χ3v) is 4.67. The van der Waals surface area contributed by atoms with Crippen LogP contribution in [-0.2, 0) is 19.7 Å². The molecule has 6 nitrogen and oxygen atoms in total. The molecule has 0 saturated carbocycles. The minimum Gasteiger partial charge on any atom is -0.452 e. The number of carbonyl (C=O) groups excluding carboxylic acids is 2. The summed E-state index contributed by atoms with van der Waals surface area (Å²) >= 11 is 0. The minimum atomic E-state index is -0.978. The van der Waals surface area contributed by atoms with Crippen molar-refractivity contribution in [1.29, 1.82) is 5.26 Å². The molecule has 1 aromatic rings. The molecule has 2 aliphatic heterocycles. The fraction of sp³-hybridized carbons (Fsp3) is 0.389. The normalized spacial score (nSPS) is 26.9. The molecule has 0 spiro atoms. The van der Waals surface area contributed by atoms with Gasteiger partial charge in [0, 0.05) is 0 Å². The number of benzene rings is 1. The molecule has 0 unspecified atom stereocenters. The Kier molecular flexibility index (Phi) is 3.80. The Balaban J connectivity index is 2.25. The number of ether oxygens (including phenoxy) is 2. The van der Waals surface area contributed by atoms with E-state index >= 15 is 0 Å². The molecule has 2 heterocycles. The number of fused-ring (bicyclic) bond motifs is 3. The van der Waals surface area contributed by atoms with Gasteiger partial charge in [0.15, 0.2) is 12.1 Å². The number of para-hydroxylation sites is 1. The molecule has 0 N–H and O–H groups in total. The monoisotopic (exact) mass is 326 g/mol. The molecule has 0 radical (unpaired) electrons. The Morgan fingerprint density at radius 2 is 2.17 bits per heavy atom. The fourth-order valence-electron chi connectivity index (χ4n) is 3.57. The molecule has 2 aliphatic rings. The van der Waals surface area contributed by atoms with Crippen molar-refractivity contribution in [3.05, 3.63) is 41.5 Å². The number of nitrogens with zero attached hydrogens (tertiary/aromatic N) is 2. The van der Waals surface area contributed by atoms with Gasteiger partial charge < -0.3 is 9.47 Å². The lowest BCUT2D eigenvalue weighted by molar-refractivity contribution is -0.142. The van der Waals surface area contributed by atoms with E-state index in [1.54, 1.807) is 12.1 Å². The van der Waals surface area contributed by atoms with E-state index in [1.807, 2.05) is 32.1 Å². The molecule has 3 atom stereocenters. The number of rotatable bonds is 2. The number of hydrogen-bond donors (Lipinski definition) is 0. The van der Waals surface area contributed by atoms with Gasteiger partial charge in [0.05, 0.1) is 24.3 Å². The van der Waals surface area contributed by atoms with E-state index < -0.39 is 29.6 Å². The molecule has 0 aliphatic carbocycles. The highest BCUT2D eigenvalue weighted by Crippen LogP contribution is 2.56. The number of methoxy groups -OCH3 is 1. The lowest BCUT2D eigenvalue weighted by Crippen LogP contribution is -2.47. The van der Waals surface area contributed by atoms with Crippen molar-refractivity contribution in [3.8, 4) is 6.07 Å². The largest absolute Gasteiger partial charge is 0.452 e. The summed E-state index contributed by atoms with van der Waals surface area (Å²) in [4.78, 5) is 25.9. The summed E-state index contributed by atoms with van der Waals surface area (Å²) in [6.45, 7) is 3.90. The maximum absolute atomic E-state index is 12.3. The molecule has 1 amide bonds. The van der Waals surface area contributed by atoms with Crippen LogP contribution in [0.3, 0.4) is 0 Å². The van der Waals surface area contributed by atoms with Crippen molar-refractivity contribution < 1.29 is 19.1 Å². The molecule has 124 valence electrons. The van der Waals surface area contributed by atoms with E-state index in [9.17, 15) is 14.9 Å². The van der Waals surface area contributed by atoms with Gasteiger partial charge in [0.1, 0.15) is 0 Å². The first-order valence-electron chi connectivity index (χ1n) is 7.67. The molecule has 1 aromatic carbocycles. The summed E-state index contributed by atoms with van der Waals surface area (Å²) in [5.74, 6) is -1.58. The van der Waals surface area contributed by atoms with Crippen LogP contribution in [0.1, 0.15) is 25.8 Å². The Hall–Kier alpha value is -2.81. The van der Waals surface area contributed by atoms with Crippen molar-refractivity contribution in [2.75, 3.05) is 12.0 Å². The second-order valence-electron chi connectivity index (χ2n) is 6.23. The first-order chi connectivity index (χ1) is 11.5. The highest BCUT2D eigenvalue weighted by Gasteiger charge is 2.66. The standard InChI is InChI=1S/C18H18N2O4/c1-11(2)8-9-18-12-6-4-5-7-14(12)20(17(22)23-3)16(18)24-15(21)13(18)10-19/h4-8,13,16H,9H2,1-3H3/t13-,16-,18+/m0/s1. The van der Waals surface area contributed by atoms with E-state index in [1.165, 1.54) is 12.0 Å². The summed E-state index contributed by atoms with van der Waals surface area (Å²) in [5.41, 5.74) is 1.51. The number of hydrogen-bond acceptors (Lipinski definition) is 5. The van der Waals surface area contributed by atoms with Gasteiger partial charge in [-0.2, -0.15) is 5.26 Å². The van der Waals surface area contributed by atoms with E-state index in [0.717, 1.165) is 11.1 Å². The van der Waals surface area contributed by atoms with Crippen molar-refractivity contribution >= 4 is 17.7 Å². The number of carbonyl (C=O) groups is 2. The number of amides is 1. The lowest BCUT2D eigenvalue weighted by atomic mass is 9.70. The zero-order valence-corrected chi connectivity index (χ0v) is 13.8. The molecule has 24 heavy (non-hydrogen) atoms. The zero-order chi connectivity index (χ0) is 17.5. The van der Waals surface area contributed by atoms with Gasteiger partial charge in [-0.05, 0) is 31.9 Å². The number of allylic oxidation sites excluding steroid dienone is 2. The Morgan fingerprint density at radius 3 is 2.79 bits per heavy atom. The molecule has 0 bridgehead atoms. The van der Waals surface area contributed by atoms with Crippen LogP contribution in [0.4, 0.5) is 10.5 Å². The summed E-state index contributed by atoms with van der Waals surface area (Å²) < 4.78 is 10.3. The van der Waals surface area contributed by atoms with Gasteiger partial charge in [-0.25, -0.2) is 9.69 Å². The van der Waals surface area contributed by atoms with E-state index in [4.69, 9.17) is 9.47 Å². The summed E-state index contributed by atoms with van der Waals surface area (Å²) in [6.07, 6.45) is 0.902. The van der Waals surface area contributed by atoms with Crippen LogP contribution in [0.25, 0.3) is 0 Å². The molecular formula is C18H18N2O4. The van der Waals surface area contributed by atoms with Gasteiger partial charge >= 0.3 is 12.1 Å². The van der Waals surface area contributed by atoms with Crippen molar-refractivity contribution in [1.82, 2.24) is 0 Å². The van der Waals surface area contributed by atoms with Crippen molar-refractivity contribution in [2.24, 2.45) is 5.92 Å². The van der Waals surface area contributed by atoms with Crippen molar-refractivity contribution in [3.63, 3.8) is 0 Å². The van der Waals surface area contributed by atoms with Crippen LogP contribution in [-0.4, -0.2) is 25.4 Å². The van der Waals surface area contributed by atoms with Crippen LogP contribution < -0.4 is 4.90 Å². The molecule has 0 aromatic heterocycles. The maximum atomic E-state index is 12.3. The van der Waals surface area contributed by atoms with Crippen LogP contribution in [0.2, 0.25) is 0 Å². The third-order valence-electron chi connectivity index (χ3n) is 4.67. The molecule has 6 heteroatoms. The maximum Gasteiger partial charge on any atom is 0.417 e. The third kappa shape index (κ3) is 2.01. The number of esters is 1. The quantitative estimate of drug-likeness (QED) is 0.617. The van der Waals surface area contributed by atoms with Crippen LogP contribution in [0.15, 0.2) is 35.9 Å². The lowest BCUT2D eigenvalue weighted by Gasteiger charge is -2.30. The summed E-state index contributed by atoms with van der Waals surface area (Å²) in [6, 6.07) is 9.33. The van der Waals surface area contributed by atoms with E-state index in [0.29, 0.717) is 12.1 Å². The van der Waals surface area contributed by atoms with Crippen LogP contribution in [0.5, 0.6) is 0 Å². The van der Waals surface area contributed by atoms with Gasteiger partial charge in [-0.15, -0.1) is 0 Å². The minimum absolute atomic E-state index is 0.425. The number of anilines is 1. The van der Waals surface area contributed by atoms with Crippen LogP contribution in [0, 0.1) is 17.2 Å². The van der Waals surface area contributed by atoms with E-state index in [2.05, 4.69) is 6.07 Å². The molecular weight excluding hydrogens is 308 g/mol. The first kappa shape index (κ1) is 16.1. The predicted molar refractivity (Wildman–Crippen MR) is 86.0 cm³/mol. The second kappa shape index (κ2) is 5.68. The topological polar surface area (TPSA) is 79.6 Å². The first-order valence-corrected chi connectivity index (χ1v) is 7.67. The van der Waals surface area contributed by atoms with Crippen molar-refractivity contribution in [2.45, 2.75) is 31.9 Å². The van der Waals surface area contributed by atoms with Gasteiger partial charge in [-0.1, -0.05) is 29.8 Å². The Labute approximate surface area is 140 Å². The average molecular weight is 326 g/mol. The van der Waals surface area contributed by atoms with Gasteiger partial charge in [0.2, 0.25) is 0 Å². The van der Waals surface area contributed by atoms with E-state index in [-0.39, 0.29) is 0 Å². The fourth-order valence-corrected chi connectivity index (χ4v) is 3.57. The number of nitriles is 1. The van der Waals surface area contributed by atoms with Crippen LogP contribution >= 0.6 is 0 Å². The highest BCUT2D eigenvalue weighted by molar-refractivity contribution is 5.96. The van der Waals surface area contributed by atoms with Gasteiger partial charge in [-0.3, -0.25) is 4.79 Å². The molecule has 3 rings (SSSR count). The zero-order valence-electron chi connectivity index (χ0n) is 13.8.